The number of nitrogens with zero attached hydrogens (tertiary/aromatic N) is 5. The molecular formula is C59H37N5O. The third-order valence-corrected chi connectivity index (χ3v) is 12.1. The number of aromatic nitrogens is 5. The van der Waals surface area contributed by atoms with E-state index in [0.29, 0.717) is 17.5 Å². The number of rotatable bonds is 5. The number of hydrogen-bond donors (Lipinski definition) is 0. The standard InChI is InChI=1S/C59H37N5O/c1-2-20-46-38(13-1)27-30-53-54-35-43(28-29-51(54)49-23-4-3-21-47(49)48-22-5-6-24-50(48)52-25-7-8-26-55(52)65-56(46)53)59-63-57(41-16-9-14-39(33-41)44-18-11-31-60-36-44)62-58(64-59)42-17-10-15-40(34-42)45-19-12-32-61-37-45/h1-37H. The van der Waals surface area contributed by atoms with Gasteiger partial charge < -0.3 is 4.74 Å². The highest BCUT2D eigenvalue weighted by Gasteiger charge is 2.24. The van der Waals surface area contributed by atoms with Crippen LogP contribution in [0, 0.1) is 0 Å². The van der Waals surface area contributed by atoms with Crippen molar-refractivity contribution in [1.82, 2.24) is 24.9 Å². The van der Waals surface area contributed by atoms with Crippen LogP contribution in [0.15, 0.2) is 225 Å². The van der Waals surface area contributed by atoms with Crippen molar-refractivity contribution < 1.29 is 4.74 Å². The van der Waals surface area contributed by atoms with Gasteiger partial charge in [-0.15, -0.1) is 0 Å². The van der Waals surface area contributed by atoms with Gasteiger partial charge in [0.05, 0.1) is 0 Å². The molecule has 1 aliphatic rings. The predicted molar refractivity (Wildman–Crippen MR) is 262 cm³/mol. The van der Waals surface area contributed by atoms with Crippen molar-refractivity contribution in [2.24, 2.45) is 0 Å². The molecule has 0 N–H and O–H groups in total. The fraction of sp³-hybridized carbons (Fsp3) is 0. The first-order chi connectivity index (χ1) is 32.2. The molecule has 3 aromatic heterocycles. The van der Waals surface area contributed by atoms with Crippen molar-refractivity contribution in [3.05, 3.63) is 225 Å². The molecule has 0 unspecified atom stereocenters. The van der Waals surface area contributed by atoms with E-state index in [-0.39, 0.29) is 0 Å². The number of ether oxygens (including phenoxy) is 1. The highest BCUT2D eigenvalue weighted by molar-refractivity contribution is 6.03. The first kappa shape index (κ1) is 37.9. The van der Waals surface area contributed by atoms with Crippen LogP contribution in [0.1, 0.15) is 0 Å². The number of fused-ring (bicyclic) bond motifs is 11. The molecule has 0 radical (unpaired) electrons. The Morgan fingerprint density at radius 1 is 0.292 bits per heavy atom. The third-order valence-electron chi connectivity index (χ3n) is 12.1. The van der Waals surface area contributed by atoms with Crippen molar-refractivity contribution in [1.29, 1.82) is 0 Å². The molecule has 8 aromatic carbocycles. The molecule has 0 fully saturated rings. The first-order valence-electron chi connectivity index (χ1n) is 21.6. The van der Waals surface area contributed by atoms with Crippen LogP contribution in [0.3, 0.4) is 0 Å². The number of benzene rings is 8. The van der Waals surface area contributed by atoms with Crippen LogP contribution >= 0.6 is 0 Å². The van der Waals surface area contributed by atoms with E-state index in [2.05, 4.69) is 180 Å². The second kappa shape index (κ2) is 16.1. The summed E-state index contributed by atoms with van der Waals surface area (Å²) in [4.78, 5) is 24.5. The van der Waals surface area contributed by atoms with Gasteiger partial charge >= 0.3 is 0 Å². The molecule has 12 rings (SSSR count). The Morgan fingerprint density at radius 2 is 0.754 bits per heavy atom. The summed E-state index contributed by atoms with van der Waals surface area (Å²) in [7, 11) is 0. The van der Waals surface area contributed by atoms with Crippen molar-refractivity contribution >= 4 is 10.8 Å². The van der Waals surface area contributed by atoms with Gasteiger partial charge in [-0.3, -0.25) is 9.97 Å². The normalized spacial score (nSPS) is 11.5. The minimum absolute atomic E-state index is 0.549. The zero-order valence-electron chi connectivity index (χ0n) is 35.0. The van der Waals surface area contributed by atoms with Gasteiger partial charge in [-0.05, 0) is 92.4 Å². The van der Waals surface area contributed by atoms with E-state index in [4.69, 9.17) is 19.7 Å². The minimum atomic E-state index is 0.549. The largest absolute Gasteiger partial charge is 0.455 e. The van der Waals surface area contributed by atoms with Gasteiger partial charge in [-0.2, -0.15) is 0 Å². The van der Waals surface area contributed by atoms with Gasteiger partial charge in [-0.25, -0.2) is 15.0 Å². The fourth-order valence-corrected chi connectivity index (χ4v) is 9.01. The average Bonchev–Trinajstić information content (AvgIpc) is 3.40. The van der Waals surface area contributed by atoms with Gasteiger partial charge in [0.2, 0.25) is 0 Å². The van der Waals surface area contributed by atoms with Crippen LogP contribution in [0.4, 0.5) is 0 Å². The molecule has 0 atom stereocenters. The van der Waals surface area contributed by atoms with Gasteiger partial charge in [0.25, 0.3) is 0 Å². The molecule has 0 saturated carbocycles. The van der Waals surface area contributed by atoms with Crippen molar-refractivity contribution in [3.8, 4) is 112 Å². The van der Waals surface area contributed by atoms with Crippen LogP contribution < -0.4 is 4.74 Å². The van der Waals surface area contributed by atoms with Gasteiger partial charge in [0.15, 0.2) is 17.5 Å². The summed E-state index contributed by atoms with van der Waals surface area (Å²) in [5.74, 6) is 3.23. The Bertz CT molecular complexity index is 3490. The molecule has 0 aliphatic carbocycles. The molecule has 65 heavy (non-hydrogen) atoms. The molecular weight excluding hydrogens is 795 g/mol. The minimum Gasteiger partial charge on any atom is -0.455 e. The predicted octanol–water partition coefficient (Wildman–Crippen LogP) is 14.9. The van der Waals surface area contributed by atoms with Crippen molar-refractivity contribution in [2.45, 2.75) is 0 Å². The Labute approximate surface area is 376 Å². The lowest BCUT2D eigenvalue weighted by atomic mass is 9.85. The second-order valence-corrected chi connectivity index (χ2v) is 16.1. The highest BCUT2D eigenvalue weighted by atomic mass is 16.5. The third kappa shape index (κ3) is 7.00. The monoisotopic (exact) mass is 831 g/mol. The smallest absolute Gasteiger partial charge is 0.164 e. The van der Waals surface area contributed by atoms with Crippen molar-refractivity contribution in [2.75, 3.05) is 0 Å². The maximum atomic E-state index is 7.24. The van der Waals surface area contributed by atoms with E-state index in [9.17, 15) is 0 Å². The van der Waals surface area contributed by atoms with Gasteiger partial charge in [0.1, 0.15) is 11.5 Å². The van der Waals surface area contributed by atoms with Crippen LogP contribution in [0.2, 0.25) is 0 Å². The topological polar surface area (TPSA) is 73.7 Å². The lowest BCUT2D eigenvalue weighted by molar-refractivity contribution is 0.492. The molecule has 0 bridgehead atoms. The van der Waals surface area contributed by atoms with E-state index in [1.54, 1.807) is 12.4 Å². The van der Waals surface area contributed by atoms with E-state index in [0.717, 1.165) is 106 Å². The van der Waals surface area contributed by atoms with Crippen LogP contribution in [0.25, 0.3) is 112 Å². The lowest BCUT2D eigenvalue weighted by Gasteiger charge is -2.19. The second-order valence-electron chi connectivity index (χ2n) is 16.1. The van der Waals surface area contributed by atoms with Gasteiger partial charge in [0, 0.05) is 69.1 Å². The molecule has 0 amide bonds. The highest BCUT2D eigenvalue weighted by Crippen LogP contribution is 2.50. The summed E-state index contributed by atoms with van der Waals surface area (Å²) in [5.41, 5.74) is 15.1. The number of pyridine rings is 2. The van der Waals surface area contributed by atoms with E-state index < -0.39 is 0 Å². The van der Waals surface area contributed by atoms with E-state index in [1.807, 2.05) is 42.7 Å². The molecule has 0 saturated heterocycles. The lowest BCUT2D eigenvalue weighted by Crippen LogP contribution is -2.01. The summed E-state index contributed by atoms with van der Waals surface area (Å²) in [5, 5.41) is 2.11. The Balaban J connectivity index is 1.12. The molecule has 6 heteroatoms. The van der Waals surface area contributed by atoms with E-state index >= 15 is 0 Å². The molecule has 6 nitrogen and oxygen atoms in total. The summed E-state index contributed by atoms with van der Waals surface area (Å²) in [6.45, 7) is 0. The van der Waals surface area contributed by atoms with E-state index in [1.165, 1.54) is 0 Å². The fourth-order valence-electron chi connectivity index (χ4n) is 9.01. The first-order valence-corrected chi connectivity index (χ1v) is 21.6. The zero-order chi connectivity index (χ0) is 43.1. The maximum absolute atomic E-state index is 7.24. The summed E-state index contributed by atoms with van der Waals surface area (Å²) in [6, 6.07) is 69.6. The van der Waals surface area contributed by atoms with Crippen molar-refractivity contribution in [3.63, 3.8) is 0 Å². The quantitative estimate of drug-likeness (QED) is 0.172. The van der Waals surface area contributed by atoms with Crippen LogP contribution in [-0.4, -0.2) is 24.9 Å². The Kier molecular flexibility index (Phi) is 9.38. The molecule has 1 aliphatic heterocycles. The number of hydrogen-bond acceptors (Lipinski definition) is 6. The summed E-state index contributed by atoms with van der Waals surface area (Å²) >= 11 is 0. The Morgan fingerprint density at radius 3 is 1.34 bits per heavy atom. The molecule has 11 aromatic rings. The SMILES string of the molecule is c1cncc(-c2cccc(-c3nc(-c4cccc(-c5cccnc5)c4)nc(-c4ccc5c(c4)-c4ccc6ccccc6c4Oc4ccccc4-c4ccccc4-c4ccccc4-5)n3)c2)c1. The van der Waals surface area contributed by atoms with Crippen LogP contribution in [0.5, 0.6) is 11.5 Å². The number of para-hydroxylation sites is 1. The zero-order valence-corrected chi connectivity index (χ0v) is 35.0. The summed E-state index contributed by atoms with van der Waals surface area (Å²) in [6.07, 6.45) is 7.32. The molecule has 4 heterocycles. The maximum Gasteiger partial charge on any atom is 0.164 e. The van der Waals surface area contributed by atoms with Crippen LogP contribution in [-0.2, 0) is 0 Å². The molecule has 304 valence electrons. The molecule has 0 spiro atoms. The summed E-state index contributed by atoms with van der Waals surface area (Å²) < 4.78 is 7.24. The van der Waals surface area contributed by atoms with Gasteiger partial charge in [-0.1, -0.05) is 158 Å². The average molecular weight is 832 g/mol. The Hall–Kier alpha value is -8.87.